The Morgan fingerprint density at radius 3 is 2.71 bits per heavy atom. The fraction of sp³-hybridized carbons (Fsp3) is 0.222. The van der Waals surface area contributed by atoms with Crippen LogP contribution in [-0.4, -0.2) is 17.8 Å². The zero-order chi connectivity index (χ0) is 16.8. The number of ether oxygens (including phenoxy) is 1. The van der Waals surface area contributed by atoms with Crippen LogP contribution in [0.25, 0.3) is 11.0 Å². The molecule has 0 atom stereocenters. The lowest BCUT2D eigenvalue weighted by molar-refractivity contribution is 0.239. The first-order valence-electron chi connectivity index (χ1n) is 7.83. The maximum atomic E-state index is 12.0. The van der Waals surface area contributed by atoms with Crippen molar-refractivity contribution in [2.45, 2.75) is 20.0 Å². The highest BCUT2D eigenvalue weighted by atomic mass is 16.5. The summed E-state index contributed by atoms with van der Waals surface area (Å²) in [6.45, 7) is 3.21. The molecule has 2 N–H and O–H groups in total. The van der Waals surface area contributed by atoms with Gasteiger partial charge in [0.25, 0.3) is 0 Å². The summed E-state index contributed by atoms with van der Waals surface area (Å²) < 4.78 is 10.8. The number of para-hydroxylation sites is 2. The predicted octanol–water partition coefficient (Wildman–Crippen LogP) is 3.23. The van der Waals surface area contributed by atoms with Crippen molar-refractivity contribution in [1.29, 1.82) is 0 Å². The van der Waals surface area contributed by atoms with Crippen molar-refractivity contribution < 1.29 is 14.1 Å². The fourth-order valence-corrected chi connectivity index (χ4v) is 2.41. The van der Waals surface area contributed by atoms with Gasteiger partial charge in [0, 0.05) is 17.5 Å². The summed E-state index contributed by atoms with van der Waals surface area (Å²) in [6.07, 6.45) is 0. The smallest absolute Gasteiger partial charge is 0.315 e. The molecule has 1 aromatic heterocycles. The van der Waals surface area contributed by atoms with Crippen LogP contribution >= 0.6 is 0 Å². The number of fused-ring (bicyclic) bond motifs is 1. The van der Waals surface area contributed by atoms with Crippen molar-refractivity contribution in [3.63, 3.8) is 0 Å². The molecule has 0 aliphatic carbocycles. The Labute approximate surface area is 139 Å². The van der Waals surface area contributed by atoms with Crippen LogP contribution in [0.3, 0.4) is 0 Å². The molecular weight excluding hydrogens is 306 g/mol. The number of hydrogen-bond donors (Lipinski definition) is 2. The number of nitrogens with one attached hydrogen (secondary N) is 2. The van der Waals surface area contributed by atoms with E-state index in [1.807, 2.05) is 55.5 Å². The maximum absolute atomic E-state index is 12.0. The number of aromatic nitrogens is 1. The van der Waals surface area contributed by atoms with Gasteiger partial charge in [0.05, 0.1) is 13.2 Å². The van der Waals surface area contributed by atoms with E-state index in [1.54, 1.807) is 0 Å². The summed E-state index contributed by atoms with van der Waals surface area (Å²) in [5, 5.41) is 10.5. The molecule has 3 aromatic rings. The third kappa shape index (κ3) is 3.65. The summed E-state index contributed by atoms with van der Waals surface area (Å²) in [5.74, 6) is 0.780. The molecule has 0 unspecified atom stereocenters. The first-order chi connectivity index (χ1) is 11.8. The second kappa shape index (κ2) is 7.50. The molecule has 0 saturated heterocycles. The molecule has 0 fully saturated rings. The Morgan fingerprint density at radius 1 is 1.08 bits per heavy atom. The van der Waals surface area contributed by atoms with E-state index in [9.17, 15) is 4.79 Å². The quantitative estimate of drug-likeness (QED) is 0.729. The van der Waals surface area contributed by atoms with Gasteiger partial charge in [0.2, 0.25) is 0 Å². The average molecular weight is 325 g/mol. The number of carbonyl (C=O) groups excluding carboxylic acids is 1. The minimum absolute atomic E-state index is 0.270. The van der Waals surface area contributed by atoms with Crippen molar-refractivity contribution in [3.05, 3.63) is 59.8 Å². The zero-order valence-electron chi connectivity index (χ0n) is 13.4. The number of amides is 2. The van der Waals surface area contributed by atoms with E-state index in [2.05, 4.69) is 15.8 Å². The van der Waals surface area contributed by atoms with Crippen LogP contribution in [0.15, 0.2) is 53.1 Å². The second-order valence-electron chi connectivity index (χ2n) is 5.20. The molecule has 1 heterocycles. The summed E-state index contributed by atoms with van der Waals surface area (Å²) in [4.78, 5) is 12.0. The Hall–Kier alpha value is -3.02. The third-order valence-corrected chi connectivity index (χ3v) is 3.58. The molecule has 2 aromatic carbocycles. The van der Waals surface area contributed by atoms with E-state index in [-0.39, 0.29) is 6.03 Å². The van der Waals surface area contributed by atoms with Gasteiger partial charge in [-0.3, -0.25) is 0 Å². The lowest BCUT2D eigenvalue weighted by Crippen LogP contribution is -2.34. The molecule has 0 radical (unpaired) electrons. The van der Waals surface area contributed by atoms with Crippen molar-refractivity contribution in [1.82, 2.24) is 15.8 Å². The molecule has 0 spiro atoms. The van der Waals surface area contributed by atoms with E-state index >= 15 is 0 Å². The molecular formula is C18H19N3O3. The predicted molar refractivity (Wildman–Crippen MR) is 90.7 cm³/mol. The van der Waals surface area contributed by atoms with Crippen molar-refractivity contribution in [3.8, 4) is 5.75 Å². The van der Waals surface area contributed by atoms with E-state index in [0.29, 0.717) is 31.0 Å². The monoisotopic (exact) mass is 325 g/mol. The topological polar surface area (TPSA) is 76.4 Å². The number of urea groups is 1. The molecule has 0 bridgehead atoms. The maximum Gasteiger partial charge on any atom is 0.315 e. The number of carbonyl (C=O) groups is 1. The van der Waals surface area contributed by atoms with Gasteiger partial charge in [-0.1, -0.05) is 35.5 Å². The number of benzene rings is 2. The molecule has 2 amide bonds. The van der Waals surface area contributed by atoms with Gasteiger partial charge in [-0.2, -0.15) is 0 Å². The highest BCUT2D eigenvalue weighted by Gasteiger charge is 2.09. The van der Waals surface area contributed by atoms with Gasteiger partial charge in [-0.25, -0.2) is 4.79 Å². The largest absolute Gasteiger partial charge is 0.494 e. The van der Waals surface area contributed by atoms with Gasteiger partial charge in [-0.05, 0) is 25.1 Å². The second-order valence-corrected chi connectivity index (χ2v) is 5.20. The Morgan fingerprint density at radius 2 is 1.83 bits per heavy atom. The van der Waals surface area contributed by atoms with E-state index < -0.39 is 0 Å². The molecule has 0 aliphatic heterocycles. The van der Waals surface area contributed by atoms with Crippen molar-refractivity contribution in [2.75, 3.05) is 6.61 Å². The lowest BCUT2D eigenvalue weighted by atomic mass is 10.2. The van der Waals surface area contributed by atoms with Crippen LogP contribution in [-0.2, 0) is 13.1 Å². The van der Waals surface area contributed by atoms with E-state index in [0.717, 1.165) is 16.7 Å². The number of nitrogens with zero attached hydrogens (tertiary/aromatic N) is 1. The van der Waals surface area contributed by atoms with E-state index in [4.69, 9.17) is 9.26 Å². The lowest BCUT2D eigenvalue weighted by Gasteiger charge is -2.11. The average Bonchev–Trinajstić information content (AvgIpc) is 3.03. The standard InChI is InChI=1S/C18H19N3O3/c1-2-23-16-9-5-3-7-13(16)11-19-18(22)20-12-15-14-8-4-6-10-17(14)24-21-15/h3-10H,2,11-12H2,1H3,(H2,19,20,22). The Bertz CT molecular complexity index is 829. The molecule has 0 saturated carbocycles. The zero-order valence-corrected chi connectivity index (χ0v) is 13.4. The van der Waals surface area contributed by atoms with Gasteiger partial charge in [0.15, 0.2) is 5.58 Å². The summed E-state index contributed by atoms with van der Waals surface area (Å²) in [6, 6.07) is 14.9. The van der Waals surface area contributed by atoms with Crippen LogP contribution in [0.5, 0.6) is 5.75 Å². The van der Waals surface area contributed by atoms with Gasteiger partial charge >= 0.3 is 6.03 Å². The summed E-state index contributed by atoms with van der Waals surface area (Å²) >= 11 is 0. The van der Waals surface area contributed by atoms with Crippen LogP contribution in [0, 0.1) is 0 Å². The Kier molecular flexibility index (Phi) is 4.96. The van der Waals surface area contributed by atoms with Crippen LogP contribution < -0.4 is 15.4 Å². The minimum Gasteiger partial charge on any atom is -0.494 e. The number of hydrogen-bond acceptors (Lipinski definition) is 4. The molecule has 6 nitrogen and oxygen atoms in total. The van der Waals surface area contributed by atoms with Crippen LogP contribution in [0.1, 0.15) is 18.2 Å². The summed E-state index contributed by atoms with van der Waals surface area (Å²) in [7, 11) is 0. The first-order valence-corrected chi connectivity index (χ1v) is 7.83. The third-order valence-electron chi connectivity index (χ3n) is 3.58. The normalized spacial score (nSPS) is 10.5. The summed E-state index contributed by atoms with van der Waals surface area (Å²) in [5.41, 5.74) is 2.34. The fourth-order valence-electron chi connectivity index (χ4n) is 2.41. The molecule has 0 aliphatic rings. The van der Waals surface area contributed by atoms with Crippen LogP contribution in [0.2, 0.25) is 0 Å². The highest BCUT2D eigenvalue weighted by molar-refractivity contribution is 5.80. The van der Waals surface area contributed by atoms with Crippen molar-refractivity contribution >= 4 is 17.0 Å². The molecule has 6 heteroatoms. The van der Waals surface area contributed by atoms with Gasteiger partial charge in [-0.15, -0.1) is 0 Å². The van der Waals surface area contributed by atoms with Crippen molar-refractivity contribution in [2.24, 2.45) is 0 Å². The Balaban J connectivity index is 1.55. The van der Waals surface area contributed by atoms with Gasteiger partial charge in [0.1, 0.15) is 11.4 Å². The molecule has 124 valence electrons. The first kappa shape index (κ1) is 15.9. The van der Waals surface area contributed by atoms with E-state index in [1.165, 1.54) is 0 Å². The molecule has 3 rings (SSSR count). The highest BCUT2D eigenvalue weighted by Crippen LogP contribution is 2.18. The number of rotatable bonds is 6. The SMILES string of the molecule is CCOc1ccccc1CNC(=O)NCc1noc2ccccc12. The van der Waals surface area contributed by atoms with Crippen LogP contribution in [0.4, 0.5) is 4.79 Å². The molecule has 24 heavy (non-hydrogen) atoms. The minimum atomic E-state index is -0.270. The van der Waals surface area contributed by atoms with Gasteiger partial charge < -0.3 is 19.9 Å².